The molecule has 1 aromatic carbocycles. The second kappa shape index (κ2) is 10.0. The largest absolute Gasteiger partial charge is 0.355 e. The smallest absolute Gasteiger partial charge is 0.248 e. The Morgan fingerprint density at radius 2 is 1.89 bits per heavy atom. The number of nitrogens with one attached hydrogen (secondary N) is 1. The Balaban J connectivity index is 1.57. The minimum absolute atomic E-state index is 0.0489. The maximum Gasteiger partial charge on any atom is 0.248 e. The van der Waals surface area contributed by atoms with Gasteiger partial charge >= 0.3 is 0 Å². The van der Waals surface area contributed by atoms with Crippen molar-refractivity contribution in [2.75, 3.05) is 18.4 Å². The molecule has 2 aromatic heterocycles. The zero-order valence-electron chi connectivity index (χ0n) is 20.6. The van der Waals surface area contributed by atoms with E-state index in [1.807, 2.05) is 39.2 Å². The minimum Gasteiger partial charge on any atom is -0.355 e. The number of hydrogen-bond acceptors (Lipinski definition) is 7. The Morgan fingerprint density at radius 1 is 1.17 bits per heavy atom. The number of aromatic nitrogens is 2. The molecule has 3 heterocycles. The molecule has 1 aliphatic heterocycles. The van der Waals surface area contributed by atoms with Gasteiger partial charge in [-0.15, -0.1) is 11.3 Å². The first kappa shape index (κ1) is 25.3. The molecule has 0 unspecified atom stereocenters. The van der Waals surface area contributed by atoms with Crippen LogP contribution in [0.3, 0.4) is 0 Å². The van der Waals surface area contributed by atoms with E-state index in [-0.39, 0.29) is 23.1 Å². The molecule has 1 N–H and O–H groups in total. The van der Waals surface area contributed by atoms with Crippen molar-refractivity contribution >= 4 is 44.6 Å². The number of nitrogens with zero attached hydrogens (tertiary/aromatic N) is 3. The topological polar surface area (TPSA) is 105 Å². The van der Waals surface area contributed by atoms with Gasteiger partial charge in [0.15, 0.2) is 15.8 Å². The number of carbonyl (C=O) groups is 1. The molecule has 1 amide bonds. The van der Waals surface area contributed by atoms with Crippen LogP contribution in [-0.2, 0) is 14.8 Å². The molecule has 0 spiro atoms. The molecular weight excluding hydrogens is 484 g/mol. The second-order valence-electron chi connectivity index (χ2n) is 9.09. The highest BCUT2D eigenvalue weighted by atomic mass is 32.2. The molecule has 10 heteroatoms. The number of rotatable bonds is 6. The third kappa shape index (κ3) is 5.39. The van der Waals surface area contributed by atoms with Crippen LogP contribution in [0.5, 0.6) is 0 Å². The molecule has 1 aliphatic rings. The quantitative estimate of drug-likeness (QED) is 0.502. The first-order valence-corrected chi connectivity index (χ1v) is 13.8. The summed E-state index contributed by atoms with van der Waals surface area (Å²) in [4.78, 5) is 17.1. The van der Waals surface area contributed by atoms with Crippen molar-refractivity contribution in [3.63, 3.8) is 0 Å². The van der Waals surface area contributed by atoms with Crippen LogP contribution in [0, 0.1) is 40.5 Å². The van der Waals surface area contributed by atoms with E-state index in [1.165, 1.54) is 21.2 Å². The zero-order chi connectivity index (χ0) is 25.3. The molecule has 3 aromatic rings. The summed E-state index contributed by atoms with van der Waals surface area (Å²) in [6.45, 7) is 10.0. The Labute approximate surface area is 210 Å². The monoisotopic (exact) mass is 514 g/mol. The molecule has 0 bridgehead atoms. The number of aryl methyl sites for hydroxylation is 5. The maximum absolute atomic E-state index is 13.7. The van der Waals surface area contributed by atoms with E-state index in [0.29, 0.717) is 30.2 Å². The van der Waals surface area contributed by atoms with Gasteiger partial charge in [-0.3, -0.25) is 4.79 Å². The Kier molecular flexibility index (Phi) is 7.25. The van der Waals surface area contributed by atoms with E-state index < -0.39 is 15.9 Å². The lowest BCUT2D eigenvalue weighted by atomic mass is 9.99. The van der Waals surface area contributed by atoms with Gasteiger partial charge < -0.3 is 9.84 Å². The zero-order valence-corrected chi connectivity index (χ0v) is 22.2. The van der Waals surface area contributed by atoms with Gasteiger partial charge in [0.2, 0.25) is 15.9 Å². The number of hydrogen-bond donors (Lipinski definition) is 1. The van der Waals surface area contributed by atoms with Crippen LogP contribution >= 0.6 is 11.3 Å². The van der Waals surface area contributed by atoms with Crippen molar-refractivity contribution in [1.29, 1.82) is 0 Å². The van der Waals surface area contributed by atoms with Gasteiger partial charge in [-0.1, -0.05) is 28.9 Å². The molecule has 0 radical (unpaired) electrons. The summed E-state index contributed by atoms with van der Waals surface area (Å²) in [6, 6.07) is 4.17. The molecular formula is C25H30N4O4S2. The van der Waals surface area contributed by atoms with Crippen LogP contribution in [0.2, 0.25) is 0 Å². The predicted octanol–water partition coefficient (Wildman–Crippen LogP) is 4.88. The van der Waals surface area contributed by atoms with E-state index in [9.17, 15) is 13.2 Å². The number of benzene rings is 1. The summed E-state index contributed by atoms with van der Waals surface area (Å²) in [5.41, 5.74) is 5.51. The van der Waals surface area contributed by atoms with Crippen LogP contribution in [0.4, 0.5) is 5.13 Å². The lowest BCUT2D eigenvalue weighted by Crippen LogP contribution is -2.43. The summed E-state index contributed by atoms with van der Waals surface area (Å²) >= 11 is 1.35. The van der Waals surface area contributed by atoms with Crippen molar-refractivity contribution in [2.24, 2.45) is 5.92 Å². The summed E-state index contributed by atoms with van der Waals surface area (Å²) < 4.78 is 34.1. The van der Waals surface area contributed by atoms with E-state index in [4.69, 9.17) is 4.52 Å². The van der Waals surface area contributed by atoms with E-state index in [2.05, 4.69) is 27.6 Å². The van der Waals surface area contributed by atoms with Crippen LogP contribution in [0.15, 0.2) is 26.9 Å². The van der Waals surface area contributed by atoms with Crippen molar-refractivity contribution < 1.29 is 17.7 Å². The highest BCUT2D eigenvalue weighted by molar-refractivity contribution is 7.89. The van der Waals surface area contributed by atoms with Gasteiger partial charge in [-0.05, 0) is 70.2 Å². The molecule has 8 nitrogen and oxygen atoms in total. The number of anilines is 1. The number of thiazole rings is 1. The fourth-order valence-electron chi connectivity index (χ4n) is 4.53. The normalized spacial score (nSPS) is 17.2. The molecule has 186 valence electrons. The molecule has 1 saturated heterocycles. The molecule has 0 aliphatic carbocycles. The van der Waals surface area contributed by atoms with Crippen LogP contribution in [-0.4, -0.2) is 41.9 Å². The Morgan fingerprint density at radius 3 is 2.54 bits per heavy atom. The Bertz CT molecular complexity index is 1370. The summed E-state index contributed by atoms with van der Waals surface area (Å²) in [5.74, 6) is -0.488. The first-order chi connectivity index (χ1) is 16.6. The predicted molar refractivity (Wildman–Crippen MR) is 138 cm³/mol. The van der Waals surface area contributed by atoms with Gasteiger partial charge in [0, 0.05) is 18.5 Å². The van der Waals surface area contributed by atoms with Crippen molar-refractivity contribution in [1.82, 2.24) is 14.4 Å². The van der Waals surface area contributed by atoms with E-state index in [1.54, 1.807) is 13.0 Å². The van der Waals surface area contributed by atoms with Gasteiger partial charge in [-0.2, -0.15) is 4.31 Å². The van der Waals surface area contributed by atoms with E-state index in [0.717, 1.165) is 22.4 Å². The van der Waals surface area contributed by atoms with Crippen molar-refractivity contribution in [3.05, 3.63) is 56.9 Å². The minimum atomic E-state index is -3.91. The first-order valence-electron chi connectivity index (χ1n) is 11.5. The SMILES string of the molecule is Cc1cc(C)c(/C=C/c2onc(C)c2S(=O)(=O)N2CCC[C@H](C(=O)Nc3nc(C)cs3)C2)c(C)c1. The maximum atomic E-state index is 13.7. The Hall–Kier alpha value is -2.82. The molecule has 35 heavy (non-hydrogen) atoms. The lowest BCUT2D eigenvalue weighted by Gasteiger charge is -2.30. The fourth-order valence-corrected chi connectivity index (χ4v) is 7.00. The summed E-state index contributed by atoms with van der Waals surface area (Å²) in [5, 5.41) is 9.15. The average Bonchev–Trinajstić information content (AvgIpc) is 3.38. The van der Waals surface area contributed by atoms with Crippen molar-refractivity contribution in [3.8, 4) is 0 Å². The number of carbonyl (C=O) groups excluding carboxylic acids is 1. The molecule has 0 saturated carbocycles. The second-order valence-corrected chi connectivity index (χ2v) is 11.8. The summed E-state index contributed by atoms with van der Waals surface area (Å²) in [6.07, 6.45) is 4.73. The van der Waals surface area contributed by atoms with Gasteiger partial charge in [0.1, 0.15) is 5.69 Å². The fraction of sp³-hybridized carbons (Fsp3) is 0.400. The van der Waals surface area contributed by atoms with Crippen molar-refractivity contribution in [2.45, 2.75) is 52.4 Å². The molecule has 4 rings (SSSR count). The number of amides is 1. The lowest BCUT2D eigenvalue weighted by molar-refractivity contribution is -0.120. The summed E-state index contributed by atoms with van der Waals surface area (Å²) in [7, 11) is -3.91. The third-order valence-electron chi connectivity index (χ3n) is 6.17. The third-order valence-corrected chi connectivity index (χ3v) is 9.07. The van der Waals surface area contributed by atoms with E-state index >= 15 is 0 Å². The molecule has 1 atom stereocenters. The molecule has 1 fully saturated rings. The number of piperidine rings is 1. The van der Waals surface area contributed by atoms with Gasteiger partial charge in [0.25, 0.3) is 0 Å². The van der Waals surface area contributed by atoms with Gasteiger partial charge in [0.05, 0.1) is 11.6 Å². The van der Waals surface area contributed by atoms with Crippen LogP contribution < -0.4 is 5.32 Å². The van der Waals surface area contributed by atoms with Gasteiger partial charge in [-0.25, -0.2) is 13.4 Å². The average molecular weight is 515 g/mol. The van der Waals surface area contributed by atoms with Crippen LogP contribution in [0.1, 0.15) is 52.2 Å². The van der Waals surface area contributed by atoms with Crippen LogP contribution in [0.25, 0.3) is 12.2 Å². The highest BCUT2D eigenvalue weighted by Gasteiger charge is 2.37. The number of sulfonamides is 1. The highest BCUT2D eigenvalue weighted by Crippen LogP contribution is 2.30. The standard InChI is InChI=1S/C25H30N4O4S2/c1-15-11-16(2)21(17(3)12-15)8-9-22-23(19(5)28-33-22)35(31,32)29-10-6-7-20(13-29)24(30)27-25-26-18(4)14-34-25/h8-9,11-12,14,20H,6-7,10,13H2,1-5H3,(H,26,27,30)/b9-8+/t20-/m0/s1.